The molecule has 1 atom stereocenters. The molecule has 1 saturated carbocycles. The fourth-order valence-corrected chi connectivity index (χ4v) is 4.07. The van der Waals surface area contributed by atoms with Crippen LogP contribution in [0.3, 0.4) is 0 Å². The quantitative estimate of drug-likeness (QED) is 0.924. The minimum Gasteiger partial charge on any atom is -0.336 e. The molecule has 1 saturated heterocycles. The Bertz CT molecular complexity index is 780. The first-order valence-electron chi connectivity index (χ1n) is 8.08. The van der Waals surface area contributed by atoms with E-state index in [1.165, 1.54) is 31.0 Å². The lowest BCUT2D eigenvalue weighted by Gasteiger charge is -2.43. The number of nitrogens with zero attached hydrogens (tertiary/aromatic N) is 2. The summed E-state index contributed by atoms with van der Waals surface area (Å²) < 4.78 is 0. The molecule has 0 bridgehead atoms. The van der Waals surface area contributed by atoms with Gasteiger partial charge in [-0.25, -0.2) is 9.78 Å². The summed E-state index contributed by atoms with van der Waals surface area (Å²) in [6.45, 7) is 1.49. The van der Waals surface area contributed by atoms with Crippen LogP contribution in [0.4, 0.5) is 0 Å². The van der Waals surface area contributed by atoms with Gasteiger partial charge in [-0.2, -0.15) is 0 Å². The highest BCUT2D eigenvalue weighted by atomic mass is 16.2. The lowest BCUT2D eigenvalue weighted by atomic mass is 9.61. The minimum absolute atomic E-state index is 0.103. The number of benzene rings is 1. The highest BCUT2D eigenvalue weighted by Crippen LogP contribution is 2.55. The van der Waals surface area contributed by atoms with Gasteiger partial charge in [0.1, 0.15) is 5.69 Å². The molecule has 1 aliphatic carbocycles. The third-order valence-electron chi connectivity index (χ3n) is 5.39. The molecule has 1 aromatic heterocycles. The molecule has 0 radical (unpaired) electrons. The summed E-state index contributed by atoms with van der Waals surface area (Å²) in [7, 11) is 0. The van der Waals surface area contributed by atoms with Crippen molar-refractivity contribution in [3.05, 3.63) is 64.3 Å². The Hall–Kier alpha value is -2.43. The number of likely N-dealkylation sites (tertiary alicyclic amines) is 1. The van der Waals surface area contributed by atoms with Gasteiger partial charge < -0.3 is 9.88 Å². The fraction of sp³-hybridized carbons (Fsp3) is 0.389. The van der Waals surface area contributed by atoms with Crippen molar-refractivity contribution in [2.75, 3.05) is 13.1 Å². The lowest BCUT2D eigenvalue weighted by molar-refractivity contribution is 0.0719. The highest BCUT2D eigenvalue weighted by molar-refractivity contribution is 5.92. The molecule has 23 heavy (non-hydrogen) atoms. The van der Waals surface area contributed by atoms with Gasteiger partial charge >= 0.3 is 5.69 Å². The van der Waals surface area contributed by atoms with E-state index in [0.717, 1.165) is 6.54 Å². The minimum atomic E-state index is -0.479. The molecule has 5 heteroatoms. The van der Waals surface area contributed by atoms with Gasteiger partial charge in [-0.1, -0.05) is 36.8 Å². The van der Waals surface area contributed by atoms with Gasteiger partial charge in [0, 0.05) is 25.2 Å². The van der Waals surface area contributed by atoms with Gasteiger partial charge in [0.25, 0.3) is 5.91 Å². The predicted molar refractivity (Wildman–Crippen MR) is 86.2 cm³/mol. The van der Waals surface area contributed by atoms with E-state index in [4.69, 9.17) is 0 Å². The first kappa shape index (κ1) is 14.2. The van der Waals surface area contributed by atoms with E-state index in [9.17, 15) is 9.59 Å². The molecule has 4 rings (SSSR count). The van der Waals surface area contributed by atoms with E-state index in [0.29, 0.717) is 18.2 Å². The summed E-state index contributed by atoms with van der Waals surface area (Å²) in [5.41, 5.74) is 1.37. The molecule has 2 aliphatic rings. The molecule has 5 nitrogen and oxygen atoms in total. The summed E-state index contributed by atoms with van der Waals surface area (Å²) in [5, 5.41) is 0. The van der Waals surface area contributed by atoms with Crippen molar-refractivity contribution in [2.24, 2.45) is 5.41 Å². The van der Waals surface area contributed by atoms with Crippen LogP contribution in [0.5, 0.6) is 0 Å². The second-order valence-electron chi connectivity index (χ2n) is 6.65. The number of carbonyl (C=O) groups is 1. The first-order chi connectivity index (χ1) is 11.2. The van der Waals surface area contributed by atoms with Gasteiger partial charge in [-0.15, -0.1) is 0 Å². The third-order valence-corrected chi connectivity index (χ3v) is 5.39. The zero-order valence-electron chi connectivity index (χ0n) is 12.9. The van der Waals surface area contributed by atoms with Crippen molar-refractivity contribution >= 4 is 5.91 Å². The molecule has 1 aliphatic heterocycles. The predicted octanol–water partition coefficient (Wildman–Crippen LogP) is 2.18. The van der Waals surface area contributed by atoms with Crippen molar-refractivity contribution in [3.63, 3.8) is 0 Å². The van der Waals surface area contributed by atoms with Crippen LogP contribution >= 0.6 is 0 Å². The summed E-state index contributed by atoms with van der Waals surface area (Å²) in [4.78, 5) is 32.1. The smallest absolute Gasteiger partial charge is 0.336 e. The van der Waals surface area contributed by atoms with Crippen LogP contribution < -0.4 is 5.69 Å². The van der Waals surface area contributed by atoms with Crippen molar-refractivity contribution in [1.82, 2.24) is 14.9 Å². The Morgan fingerprint density at radius 2 is 2.00 bits per heavy atom. The van der Waals surface area contributed by atoms with Crippen LogP contribution in [-0.4, -0.2) is 33.9 Å². The molecule has 1 amide bonds. The van der Waals surface area contributed by atoms with Gasteiger partial charge in [0.2, 0.25) is 0 Å². The highest BCUT2D eigenvalue weighted by Gasteiger charge is 2.51. The molecule has 1 unspecified atom stereocenters. The number of rotatable bonds is 2. The molecule has 1 N–H and O–H groups in total. The number of carbonyl (C=O) groups excluding carboxylic acids is 1. The molecule has 2 heterocycles. The van der Waals surface area contributed by atoms with Crippen LogP contribution in [-0.2, 0) is 0 Å². The normalized spacial score (nSPS) is 22.1. The zero-order chi connectivity index (χ0) is 15.9. The summed E-state index contributed by atoms with van der Waals surface area (Å²) in [6, 6.07) is 12.0. The SMILES string of the molecule is O=C(c1ccnc(=O)[nH]1)N1CC(c2ccccc2)C2(CCC2)C1. The number of aromatic nitrogens is 2. The van der Waals surface area contributed by atoms with Gasteiger partial charge in [-0.3, -0.25) is 4.79 Å². The molecule has 1 spiro atoms. The second kappa shape index (κ2) is 5.33. The Kier molecular flexibility index (Phi) is 3.29. The monoisotopic (exact) mass is 309 g/mol. The molecule has 2 aromatic rings. The van der Waals surface area contributed by atoms with E-state index in [2.05, 4.69) is 34.2 Å². The largest absolute Gasteiger partial charge is 0.345 e. The Morgan fingerprint density at radius 1 is 1.22 bits per heavy atom. The number of nitrogens with one attached hydrogen (secondary N) is 1. The first-order valence-corrected chi connectivity index (χ1v) is 8.08. The summed E-state index contributed by atoms with van der Waals surface area (Å²) in [6.07, 6.45) is 4.96. The average Bonchev–Trinajstić information content (AvgIpc) is 2.96. The maximum Gasteiger partial charge on any atom is 0.345 e. The van der Waals surface area contributed by atoms with E-state index >= 15 is 0 Å². The van der Waals surface area contributed by atoms with Crippen LogP contribution in [0.2, 0.25) is 0 Å². The Labute approximate surface area is 134 Å². The number of aromatic amines is 1. The topological polar surface area (TPSA) is 66.1 Å². The molecule has 1 aromatic carbocycles. The van der Waals surface area contributed by atoms with Crippen LogP contribution in [0.25, 0.3) is 0 Å². The fourth-order valence-electron chi connectivity index (χ4n) is 4.07. The van der Waals surface area contributed by atoms with E-state index in [-0.39, 0.29) is 11.3 Å². The van der Waals surface area contributed by atoms with Crippen molar-refractivity contribution in [2.45, 2.75) is 25.2 Å². The van der Waals surface area contributed by atoms with E-state index in [1.54, 1.807) is 6.07 Å². The van der Waals surface area contributed by atoms with Crippen molar-refractivity contribution in [3.8, 4) is 0 Å². The van der Waals surface area contributed by atoms with Gasteiger partial charge in [0.05, 0.1) is 0 Å². The van der Waals surface area contributed by atoms with Crippen molar-refractivity contribution < 1.29 is 4.79 Å². The number of H-pyrrole nitrogens is 1. The second-order valence-corrected chi connectivity index (χ2v) is 6.65. The number of hydrogen-bond donors (Lipinski definition) is 1. The number of amides is 1. The van der Waals surface area contributed by atoms with Gasteiger partial charge in [-0.05, 0) is 29.9 Å². The summed E-state index contributed by atoms with van der Waals surface area (Å²) >= 11 is 0. The van der Waals surface area contributed by atoms with E-state index < -0.39 is 5.69 Å². The molecular weight excluding hydrogens is 290 g/mol. The van der Waals surface area contributed by atoms with E-state index in [1.807, 2.05) is 11.0 Å². The Balaban J connectivity index is 1.63. The third kappa shape index (κ3) is 2.36. The maximum absolute atomic E-state index is 12.7. The van der Waals surface area contributed by atoms with Crippen LogP contribution in [0.1, 0.15) is 41.2 Å². The Morgan fingerprint density at radius 3 is 2.65 bits per heavy atom. The zero-order valence-corrected chi connectivity index (χ0v) is 12.9. The van der Waals surface area contributed by atoms with Crippen molar-refractivity contribution in [1.29, 1.82) is 0 Å². The molecule has 118 valence electrons. The van der Waals surface area contributed by atoms with Crippen LogP contribution in [0, 0.1) is 5.41 Å². The number of hydrogen-bond acceptors (Lipinski definition) is 3. The maximum atomic E-state index is 12.7. The van der Waals surface area contributed by atoms with Crippen LogP contribution in [0.15, 0.2) is 47.4 Å². The standard InChI is InChI=1S/C18H19N3O2/c22-16(15-7-10-19-17(23)20-15)21-11-14(13-5-2-1-3-6-13)18(12-21)8-4-9-18/h1-3,5-7,10,14H,4,8-9,11-12H2,(H,19,20,23). The molecular formula is C18H19N3O2. The average molecular weight is 309 g/mol. The lowest BCUT2D eigenvalue weighted by Crippen LogP contribution is -2.38. The summed E-state index contributed by atoms with van der Waals surface area (Å²) in [5.74, 6) is 0.282. The van der Waals surface area contributed by atoms with Gasteiger partial charge in [0.15, 0.2) is 0 Å². The molecule has 2 fully saturated rings.